The van der Waals surface area contributed by atoms with Gasteiger partial charge in [-0.15, -0.1) is 0 Å². The van der Waals surface area contributed by atoms with Crippen LogP contribution in [0.1, 0.15) is 34.5 Å². The van der Waals surface area contributed by atoms with Crippen molar-refractivity contribution >= 4 is 17.4 Å². The SMILES string of the molecule is COc1cccc(Cn2nc(C)c(CC(=O)CCc3ccc(F)cc3Cl)c2C)c1. The summed E-state index contributed by atoms with van der Waals surface area (Å²) in [6.45, 7) is 4.53. The number of carbonyl (C=O) groups excluding carboxylic acids is 1. The third-order valence-electron chi connectivity index (χ3n) is 5.06. The number of Topliss-reactive ketones (excluding diaryl/α,β-unsaturated/α-hetero) is 1. The molecule has 1 aromatic heterocycles. The molecule has 0 aliphatic carbocycles. The molecule has 0 atom stereocenters. The number of aryl methyl sites for hydroxylation is 2. The second-order valence-electron chi connectivity index (χ2n) is 7.11. The van der Waals surface area contributed by atoms with Crippen molar-refractivity contribution in [3.8, 4) is 5.75 Å². The molecule has 0 saturated heterocycles. The van der Waals surface area contributed by atoms with Crippen molar-refractivity contribution in [2.75, 3.05) is 7.11 Å². The first-order valence-electron chi connectivity index (χ1n) is 9.49. The van der Waals surface area contributed by atoms with Gasteiger partial charge in [0.15, 0.2) is 0 Å². The highest BCUT2D eigenvalue weighted by atomic mass is 35.5. The minimum atomic E-state index is -0.375. The van der Waals surface area contributed by atoms with Crippen molar-refractivity contribution < 1.29 is 13.9 Å². The van der Waals surface area contributed by atoms with E-state index in [1.54, 1.807) is 13.2 Å². The number of ketones is 1. The molecule has 29 heavy (non-hydrogen) atoms. The lowest BCUT2D eigenvalue weighted by Gasteiger charge is -2.08. The van der Waals surface area contributed by atoms with Gasteiger partial charge in [0.2, 0.25) is 0 Å². The van der Waals surface area contributed by atoms with Crippen LogP contribution in [0.2, 0.25) is 5.02 Å². The maximum absolute atomic E-state index is 13.2. The zero-order chi connectivity index (χ0) is 21.0. The monoisotopic (exact) mass is 414 g/mol. The highest BCUT2D eigenvalue weighted by Crippen LogP contribution is 2.21. The lowest BCUT2D eigenvalue weighted by molar-refractivity contribution is -0.118. The van der Waals surface area contributed by atoms with Crippen LogP contribution in [0, 0.1) is 19.7 Å². The Morgan fingerprint density at radius 2 is 2.00 bits per heavy atom. The fourth-order valence-corrected chi connectivity index (χ4v) is 3.63. The van der Waals surface area contributed by atoms with Gasteiger partial charge in [-0.25, -0.2) is 4.39 Å². The first-order chi connectivity index (χ1) is 13.9. The Bertz CT molecular complexity index is 1030. The number of nitrogens with zero attached hydrogens (tertiary/aromatic N) is 2. The topological polar surface area (TPSA) is 44.1 Å². The molecule has 1 heterocycles. The second-order valence-corrected chi connectivity index (χ2v) is 7.52. The van der Waals surface area contributed by atoms with Crippen molar-refractivity contribution in [1.29, 1.82) is 0 Å². The van der Waals surface area contributed by atoms with E-state index in [0.717, 1.165) is 33.8 Å². The van der Waals surface area contributed by atoms with Crippen molar-refractivity contribution in [2.24, 2.45) is 0 Å². The summed E-state index contributed by atoms with van der Waals surface area (Å²) in [5, 5.41) is 4.97. The minimum absolute atomic E-state index is 0.109. The second kappa shape index (κ2) is 9.23. The molecule has 0 N–H and O–H groups in total. The van der Waals surface area contributed by atoms with Crippen LogP contribution in [0.3, 0.4) is 0 Å². The van der Waals surface area contributed by atoms with Gasteiger partial charge in [0, 0.05) is 29.1 Å². The number of hydrogen-bond acceptors (Lipinski definition) is 3. The summed E-state index contributed by atoms with van der Waals surface area (Å²) in [6, 6.07) is 12.1. The number of aromatic nitrogens is 2. The smallest absolute Gasteiger partial charge is 0.137 e. The van der Waals surface area contributed by atoms with Crippen LogP contribution in [0.15, 0.2) is 42.5 Å². The Kier molecular flexibility index (Phi) is 6.70. The Morgan fingerprint density at radius 3 is 2.72 bits per heavy atom. The summed E-state index contributed by atoms with van der Waals surface area (Å²) in [5.74, 6) is 0.538. The number of methoxy groups -OCH3 is 1. The summed E-state index contributed by atoms with van der Waals surface area (Å²) in [5.41, 5.74) is 4.67. The Morgan fingerprint density at radius 1 is 1.21 bits per heavy atom. The molecule has 6 heteroatoms. The lowest BCUT2D eigenvalue weighted by Crippen LogP contribution is -2.08. The summed E-state index contributed by atoms with van der Waals surface area (Å²) in [7, 11) is 1.64. The Hall–Kier alpha value is -2.66. The molecule has 3 rings (SSSR count). The van der Waals surface area contributed by atoms with Crippen LogP contribution in [0.4, 0.5) is 4.39 Å². The third-order valence-corrected chi connectivity index (χ3v) is 5.41. The molecule has 0 bridgehead atoms. The fraction of sp³-hybridized carbons (Fsp3) is 0.304. The van der Waals surface area contributed by atoms with Crippen LogP contribution in [-0.2, 0) is 24.2 Å². The van der Waals surface area contributed by atoms with Crippen molar-refractivity contribution in [3.05, 3.63) is 81.4 Å². The van der Waals surface area contributed by atoms with E-state index in [9.17, 15) is 9.18 Å². The molecule has 0 aliphatic heterocycles. The molecule has 2 aromatic carbocycles. The van der Waals surface area contributed by atoms with Crippen LogP contribution in [-0.4, -0.2) is 22.7 Å². The predicted molar refractivity (Wildman–Crippen MR) is 112 cm³/mol. The van der Waals surface area contributed by atoms with Gasteiger partial charge in [0.05, 0.1) is 19.3 Å². The maximum atomic E-state index is 13.2. The molecule has 0 unspecified atom stereocenters. The van der Waals surface area contributed by atoms with E-state index < -0.39 is 0 Å². The summed E-state index contributed by atoms with van der Waals surface area (Å²) in [4.78, 5) is 12.5. The Balaban J connectivity index is 1.67. The minimum Gasteiger partial charge on any atom is -0.497 e. The van der Waals surface area contributed by atoms with Crippen molar-refractivity contribution in [1.82, 2.24) is 9.78 Å². The van der Waals surface area contributed by atoms with Gasteiger partial charge in [-0.2, -0.15) is 5.10 Å². The predicted octanol–water partition coefficient (Wildman–Crippen LogP) is 5.09. The number of rotatable bonds is 8. The van der Waals surface area contributed by atoms with Crippen LogP contribution < -0.4 is 4.74 Å². The zero-order valence-corrected chi connectivity index (χ0v) is 17.6. The average Bonchev–Trinajstić information content (AvgIpc) is 2.95. The first-order valence-corrected chi connectivity index (χ1v) is 9.86. The van der Waals surface area contributed by atoms with Crippen LogP contribution in [0.5, 0.6) is 5.75 Å². The van der Waals surface area contributed by atoms with Crippen LogP contribution in [0.25, 0.3) is 0 Å². The van der Waals surface area contributed by atoms with E-state index in [1.165, 1.54) is 12.1 Å². The molecule has 0 spiro atoms. The van der Waals surface area contributed by atoms with Gasteiger partial charge in [-0.1, -0.05) is 29.8 Å². The van der Waals surface area contributed by atoms with E-state index >= 15 is 0 Å². The van der Waals surface area contributed by atoms with Gasteiger partial charge in [0.1, 0.15) is 17.3 Å². The number of halogens is 2. The molecular formula is C23H24ClFN2O2. The molecule has 0 amide bonds. The summed E-state index contributed by atoms with van der Waals surface area (Å²) in [6.07, 6.45) is 1.17. The summed E-state index contributed by atoms with van der Waals surface area (Å²) < 4.78 is 20.4. The van der Waals surface area contributed by atoms with Gasteiger partial charge in [0.25, 0.3) is 0 Å². The number of carbonyl (C=O) groups is 1. The van der Waals surface area contributed by atoms with Gasteiger partial charge in [-0.3, -0.25) is 9.48 Å². The molecule has 3 aromatic rings. The Labute approximate surface area is 175 Å². The first kappa shape index (κ1) is 21.1. The molecule has 0 saturated carbocycles. The summed E-state index contributed by atoms with van der Waals surface area (Å²) >= 11 is 6.05. The lowest BCUT2D eigenvalue weighted by atomic mass is 10.0. The average molecular weight is 415 g/mol. The molecule has 0 radical (unpaired) electrons. The van der Waals surface area contributed by atoms with E-state index in [0.29, 0.717) is 30.8 Å². The normalized spacial score (nSPS) is 10.9. The van der Waals surface area contributed by atoms with Crippen LogP contribution >= 0.6 is 11.6 Å². The van der Waals surface area contributed by atoms with E-state index in [-0.39, 0.29) is 11.6 Å². The van der Waals surface area contributed by atoms with E-state index in [1.807, 2.05) is 42.8 Å². The highest BCUT2D eigenvalue weighted by molar-refractivity contribution is 6.31. The zero-order valence-electron chi connectivity index (χ0n) is 16.8. The molecule has 0 fully saturated rings. The fourth-order valence-electron chi connectivity index (χ4n) is 3.37. The standard InChI is InChI=1S/C23H24ClFN2O2/c1-15-22(13-20(28)10-8-18-7-9-19(25)12-23(18)24)16(2)27(26-15)14-17-5-4-6-21(11-17)29-3/h4-7,9,11-12H,8,10,13-14H2,1-3H3. The highest BCUT2D eigenvalue weighted by Gasteiger charge is 2.16. The molecule has 4 nitrogen and oxygen atoms in total. The van der Waals surface area contributed by atoms with Crippen molar-refractivity contribution in [2.45, 2.75) is 39.7 Å². The number of hydrogen-bond donors (Lipinski definition) is 0. The van der Waals surface area contributed by atoms with E-state index in [2.05, 4.69) is 5.10 Å². The molecule has 0 aliphatic rings. The van der Waals surface area contributed by atoms with Gasteiger partial charge in [-0.05, 0) is 55.7 Å². The largest absolute Gasteiger partial charge is 0.497 e. The van der Waals surface area contributed by atoms with E-state index in [4.69, 9.17) is 16.3 Å². The number of benzene rings is 2. The van der Waals surface area contributed by atoms with Gasteiger partial charge < -0.3 is 4.74 Å². The molecular weight excluding hydrogens is 391 g/mol. The number of ether oxygens (including phenoxy) is 1. The van der Waals surface area contributed by atoms with Gasteiger partial charge >= 0.3 is 0 Å². The van der Waals surface area contributed by atoms with Crippen molar-refractivity contribution in [3.63, 3.8) is 0 Å². The molecule has 152 valence electrons. The third kappa shape index (κ3) is 5.24. The quantitative estimate of drug-likeness (QED) is 0.515. The maximum Gasteiger partial charge on any atom is 0.137 e.